The molecule has 0 aromatic carbocycles. The van der Waals surface area contributed by atoms with Crippen LogP contribution in [0.5, 0.6) is 0 Å². The summed E-state index contributed by atoms with van der Waals surface area (Å²) in [5.74, 6) is 0.901. The monoisotopic (exact) mass is 329 g/mol. The highest BCUT2D eigenvalue weighted by Crippen LogP contribution is 2.17. The summed E-state index contributed by atoms with van der Waals surface area (Å²) in [5.41, 5.74) is 1.57. The molecule has 8 nitrogen and oxygen atoms in total. The molecule has 0 bridgehead atoms. The summed E-state index contributed by atoms with van der Waals surface area (Å²) < 4.78 is 1.77. The van der Waals surface area contributed by atoms with Gasteiger partial charge in [0.05, 0.1) is 18.1 Å². The van der Waals surface area contributed by atoms with Crippen LogP contribution in [-0.2, 0) is 0 Å². The average Bonchev–Trinajstić information content (AvgIpc) is 3.25. The smallest absolute Gasteiger partial charge is 0.321 e. The summed E-state index contributed by atoms with van der Waals surface area (Å²) in [6.07, 6.45) is 4.98. The van der Waals surface area contributed by atoms with Gasteiger partial charge >= 0.3 is 6.03 Å². The SMILES string of the molecule is O=C(Nc1ccsc1)N1CCN(c2cncc3ncnn23)CC1. The van der Waals surface area contributed by atoms with Crippen LogP contribution in [0.15, 0.2) is 35.5 Å². The Morgan fingerprint density at radius 3 is 2.87 bits per heavy atom. The topological polar surface area (TPSA) is 78.7 Å². The van der Waals surface area contributed by atoms with Crippen molar-refractivity contribution in [1.29, 1.82) is 0 Å². The molecule has 0 atom stereocenters. The Balaban J connectivity index is 1.43. The molecule has 0 radical (unpaired) electrons. The molecular weight excluding hydrogens is 314 g/mol. The molecule has 0 aliphatic carbocycles. The van der Waals surface area contributed by atoms with Crippen molar-refractivity contribution in [2.24, 2.45) is 0 Å². The fraction of sp³-hybridized carbons (Fsp3) is 0.286. The van der Waals surface area contributed by atoms with Gasteiger partial charge in [-0.15, -0.1) is 0 Å². The van der Waals surface area contributed by atoms with Crippen LogP contribution in [0, 0.1) is 0 Å². The van der Waals surface area contributed by atoms with Crippen LogP contribution in [-0.4, -0.2) is 56.7 Å². The highest BCUT2D eigenvalue weighted by atomic mass is 32.1. The van der Waals surface area contributed by atoms with Gasteiger partial charge in [0.2, 0.25) is 0 Å². The zero-order valence-corrected chi connectivity index (χ0v) is 13.1. The predicted molar refractivity (Wildman–Crippen MR) is 87.9 cm³/mol. The van der Waals surface area contributed by atoms with Crippen molar-refractivity contribution < 1.29 is 4.79 Å². The molecule has 1 fully saturated rings. The van der Waals surface area contributed by atoms with E-state index in [0.29, 0.717) is 13.1 Å². The van der Waals surface area contributed by atoms with E-state index in [-0.39, 0.29) is 6.03 Å². The Morgan fingerprint density at radius 2 is 2.09 bits per heavy atom. The van der Waals surface area contributed by atoms with Crippen molar-refractivity contribution in [1.82, 2.24) is 24.5 Å². The van der Waals surface area contributed by atoms with Gasteiger partial charge in [-0.25, -0.2) is 9.78 Å². The maximum Gasteiger partial charge on any atom is 0.321 e. The summed E-state index contributed by atoms with van der Waals surface area (Å²) in [5, 5.41) is 11.0. The minimum Gasteiger partial charge on any atom is -0.352 e. The molecule has 3 aromatic rings. The largest absolute Gasteiger partial charge is 0.352 e. The number of piperazine rings is 1. The Kier molecular flexibility index (Phi) is 3.54. The lowest BCUT2D eigenvalue weighted by atomic mass is 10.3. The number of aromatic nitrogens is 4. The van der Waals surface area contributed by atoms with Gasteiger partial charge in [-0.1, -0.05) is 0 Å². The standard InChI is InChI=1S/C14H15N7OS/c22-14(18-11-1-6-23-9-11)20-4-2-19(3-5-20)13-8-15-7-12-16-10-17-21(12)13/h1,6-10H,2-5H2,(H,18,22). The molecule has 9 heteroatoms. The maximum absolute atomic E-state index is 12.2. The Morgan fingerprint density at radius 1 is 1.22 bits per heavy atom. The third kappa shape index (κ3) is 2.70. The lowest BCUT2D eigenvalue weighted by Crippen LogP contribution is -2.50. The first-order valence-corrected chi connectivity index (χ1v) is 8.22. The summed E-state index contributed by atoms with van der Waals surface area (Å²) in [4.78, 5) is 24.6. The lowest BCUT2D eigenvalue weighted by molar-refractivity contribution is 0.208. The Bertz CT molecular complexity index is 808. The normalized spacial score (nSPS) is 15.1. The number of anilines is 2. The fourth-order valence-corrected chi connectivity index (χ4v) is 3.22. The highest BCUT2D eigenvalue weighted by molar-refractivity contribution is 7.08. The molecular formula is C14H15N7OS. The van der Waals surface area contributed by atoms with E-state index in [2.05, 4.69) is 25.3 Å². The van der Waals surface area contributed by atoms with Gasteiger partial charge in [0.25, 0.3) is 0 Å². The number of urea groups is 1. The van der Waals surface area contributed by atoms with Crippen LogP contribution >= 0.6 is 11.3 Å². The third-order valence-electron chi connectivity index (χ3n) is 3.83. The van der Waals surface area contributed by atoms with Gasteiger partial charge in [-0.3, -0.25) is 4.98 Å². The van der Waals surface area contributed by atoms with Gasteiger partial charge in [0.15, 0.2) is 11.5 Å². The van der Waals surface area contributed by atoms with E-state index in [9.17, 15) is 4.79 Å². The van der Waals surface area contributed by atoms with Gasteiger partial charge in [0.1, 0.15) is 6.33 Å². The molecule has 1 saturated heterocycles. The van der Waals surface area contributed by atoms with Crippen molar-refractivity contribution in [3.8, 4) is 0 Å². The molecule has 0 spiro atoms. The zero-order chi connectivity index (χ0) is 15.6. The van der Waals surface area contributed by atoms with E-state index in [4.69, 9.17) is 0 Å². The molecule has 3 aromatic heterocycles. The molecule has 0 saturated carbocycles. The predicted octanol–water partition coefficient (Wildman–Crippen LogP) is 1.54. The number of hydrogen-bond donors (Lipinski definition) is 1. The number of carbonyl (C=O) groups is 1. The van der Waals surface area contributed by atoms with Crippen molar-refractivity contribution in [3.63, 3.8) is 0 Å². The third-order valence-corrected chi connectivity index (χ3v) is 4.52. The number of thiophene rings is 1. The summed E-state index contributed by atoms with van der Waals surface area (Å²) >= 11 is 1.56. The van der Waals surface area contributed by atoms with Gasteiger partial charge < -0.3 is 15.1 Å². The molecule has 1 aliphatic rings. The number of amides is 2. The second-order valence-corrected chi connectivity index (χ2v) is 5.99. The molecule has 1 N–H and O–H groups in total. The van der Waals surface area contributed by atoms with Crippen LogP contribution in [0.3, 0.4) is 0 Å². The van der Waals surface area contributed by atoms with Gasteiger partial charge in [-0.2, -0.15) is 21.0 Å². The van der Waals surface area contributed by atoms with Crippen molar-refractivity contribution in [2.45, 2.75) is 0 Å². The first-order chi connectivity index (χ1) is 11.3. The quantitative estimate of drug-likeness (QED) is 0.771. The zero-order valence-electron chi connectivity index (χ0n) is 12.3. The molecule has 2 amide bonds. The number of carbonyl (C=O) groups excluding carboxylic acids is 1. The number of rotatable bonds is 2. The number of fused-ring (bicyclic) bond motifs is 1. The second-order valence-electron chi connectivity index (χ2n) is 5.21. The van der Waals surface area contributed by atoms with Gasteiger partial charge in [-0.05, 0) is 11.4 Å². The summed E-state index contributed by atoms with van der Waals surface area (Å²) in [6.45, 7) is 2.78. The molecule has 4 rings (SSSR count). The number of nitrogens with one attached hydrogen (secondary N) is 1. The highest BCUT2D eigenvalue weighted by Gasteiger charge is 2.23. The fourth-order valence-electron chi connectivity index (χ4n) is 2.63. The minimum absolute atomic E-state index is 0.0554. The molecule has 0 unspecified atom stereocenters. The number of hydrogen-bond acceptors (Lipinski definition) is 6. The van der Waals surface area contributed by atoms with E-state index in [0.717, 1.165) is 30.2 Å². The van der Waals surface area contributed by atoms with E-state index in [1.165, 1.54) is 6.33 Å². The van der Waals surface area contributed by atoms with Crippen LogP contribution in [0.4, 0.5) is 16.3 Å². The van der Waals surface area contributed by atoms with Crippen LogP contribution in [0.1, 0.15) is 0 Å². The van der Waals surface area contributed by atoms with Crippen molar-refractivity contribution >= 4 is 34.5 Å². The van der Waals surface area contributed by atoms with E-state index in [1.54, 1.807) is 28.2 Å². The lowest BCUT2D eigenvalue weighted by Gasteiger charge is -2.35. The van der Waals surface area contributed by atoms with Crippen LogP contribution in [0.25, 0.3) is 5.65 Å². The molecule has 4 heterocycles. The average molecular weight is 329 g/mol. The van der Waals surface area contributed by atoms with Crippen molar-refractivity contribution in [2.75, 3.05) is 36.4 Å². The Hall–Kier alpha value is -2.68. The van der Waals surface area contributed by atoms with Crippen LogP contribution in [0.2, 0.25) is 0 Å². The summed E-state index contributed by atoms with van der Waals surface area (Å²) in [7, 11) is 0. The van der Waals surface area contributed by atoms with Crippen LogP contribution < -0.4 is 10.2 Å². The molecule has 23 heavy (non-hydrogen) atoms. The van der Waals surface area contributed by atoms with E-state index >= 15 is 0 Å². The second kappa shape index (κ2) is 5.84. The first-order valence-electron chi connectivity index (χ1n) is 7.28. The number of nitrogens with zero attached hydrogens (tertiary/aromatic N) is 6. The van der Waals surface area contributed by atoms with E-state index in [1.807, 2.05) is 21.7 Å². The summed E-state index contributed by atoms with van der Waals surface area (Å²) in [6, 6.07) is 1.84. The Labute approximate surface area is 136 Å². The minimum atomic E-state index is -0.0554. The molecule has 118 valence electrons. The van der Waals surface area contributed by atoms with Crippen molar-refractivity contribution in [3.05, 3.63) is 35.5 Å². The van der Waals surface area contributed by atoms with Gasteiger partial charge in [0, 0.05) is 31.6 Å². The maximum atomic E-state index is 12.2. The molecule has 1 aliphatic heterocycles. The van der Waals surface area contributed by atoms with E-state index < -0.39 is 0 Å². The first kappa shape index (κ1) is 13.9.